The molecule has 0 aliphatic carbocycles. The van der Waals surface area contributed by atoms with Crippen molar-refractivity contribution in [2.24, 2.45) is 10.3 Å². The maximum Gasteiger partial charge on any atom is 0.280 e. The summed E-state index contributed by atoms with van der Waals surface area (Å²) >= 11 is 0. The standard InChI is InChI=1S/C21H26N2O6/c1-14(16-7-9-18(24-3)20(11-16)26-5)22-28-13-29-23-15(2)17-8-10-19(25-4)21(12-17)27-6/h7-12H,13H2,1-6H3/b22-14-,23-15+. The minimum Gasteiger partial charge on any atom is -0.493 e. The van der Waals surface area contributed by atoms with Gasteiger partial charge in [0, 0.05) is 11.1 Å². The molecule has 0 saturated heterocycles. The van der Waals surface area contributed by atoms with Gasteiger partial charge in [0.15, 0.2) is 23.0 Å². The third-order valence-corrected chi connectivity index (χ3v) is 4.11. The van der Waals surface area contributed by atoms with Crippen molar-refractivity contribution in [2.45, 2.75) is 13.8 Å². The van der Waals surface area contributed by atoms with Crippen molar-refractivity contribution >= 4 is 11.4 Å². The third-order valence-electron chi connectivity index (χ3n) is 4.11. The predicted molar refractivity (Wildman–Crippen MR) is 111 cm³/mol. The van der Waals surface area contributed by atoms with Gasteiger partial charge in [-0.1, -0.05) is 10.3 Å². The van der Waals surface area contributed by atoms with Crippen LogP contribution in [-0.4, -0.2) is 46.7 Å². The summed E-state index contributed by atoms with van der Waals surface area (Å²) in [5, 5.41) is 8.07. The lowest BCUT2D eigenvalue weighted by molar-refractivity contribution is -0.0505. The second-order valence-corrected chi connectivity index (χ2v) is 5.87. The summed E-state index contributed by atoms with van der Waals surface area (Å²) < 4.78 is 21.0. The van der Waals surface area contributed by atoms with Gasteiger partial charge in [-0.3, -0.25) is 0 Å². The average Bonchev–Trinajstić information content (AvgIpc) is 2.77. The molecule has 2 aromatic rings. The van der Waals surface area contributed by atoms with Crippen LogP contribution in [0, 0.1) is 0 Å². The lowest BCUT2D eigenvalue weighted by Gasteiger charge is -2.09. The Hall–Kier alpha value is -3.42. The molecule has 2 rings (SSSR count). The average molecular weight is 402 g/mol. The SMILES string of the molecule is COc1ccc(/C(C)=N\OCO/N=C(\C)c2ccc(OC)c(OC)c2)cc1OC. The lowest BCUT2D eigenvalue weighted by atomic mass is 10.1. The van der Waals surface area contributed by atoms with Crippen molar-refractivity contribution in [3.8, 4) is 23.0 Å². The molecule has 0 amide bonds. The first-order valence-electron chi connectivity index (χ1n) is 8.82. The molecule has 29 heavy (non-hydrogen) atoms. The Kier molecular flexibility index (Phi) is 8.14. The van der Waals surface area contributed by atoms with E-state index in [1.54, 1.807) is 40.6 Å². The molecule has 0 radical (unpaired) electrons. The van der Waals surface area contributed by atoms with Crippen molar-refractivity contribution in [2.75, 3.05) is 35.2 Å². The Bertz CT molecular complexity index is 808. The number of nitrogens with zero attached hydrogens (tertiary/aromatic N) is 2. The zero-order chi connectivity index (χ0) is 21.2. The first-order valence-corrected chi connectivity index (χ1v) is 8.82. The third kappa shape index (κ3) is 5.78. The maximum absolute atomic E-state index is 5.29. The van der Waals surface area contributed by atoms with Gasteiger partial charge in [0.2, 0.25) is 0 Å². The second-order valence-electron chi connectivity index (χ2n) is 5.87. The van der Waals surface area contributed by atoms with E-state index in [-0.39, 0.29) is 6.79 Å². The zero-order valence-corrected chi connectivity index (χ0v) is 17.5. The van der Waals surface area contributed by atoms with Gasteiger partial charge in [-0.05, 0) is 50.2 Å². The summed E-state index contributed by atoms with van der Waals surface area (Å²) in [4.78, 5) is 10.4. The van der Waals surface area contributed by atoms with Gasteiger partial charge in [0.25, 0.3) is 6.79 Å². The Morgan fingerprint density at radius 1 is 0.621 bits per heavy atom. The number of rotatable bonds is 10. The van der Waals surface area contributed by atoms with Gasteiger partial charge in [-0.25, -0.2) is 0 Å². The van der Waals surface area contributed by atoms with Crippen LogP contribution >= 0.6 is 0 Å². The molecule has 8 nitrogen and oxygen atoms in total. The predicted octanol–water partition coefficient (Wildman–Crippen LogP) is 3.86. The van der Waals surface area contributed by atoms with E-state index in [4.69, 9.17) is 28.6 Å². The number of benzene rings is 2. The van der Waals surface area contributed by atoms with Crippen LogP contribution in [0.15, 0.2) is 46.7 Å². The summed E-state index contributed by atoms with van der Waals surface area (Å²) in [7, 11) is 6.33. The normalized spacial score (nSPS) is 11.7. The van der Waals surface area contributed by atoms with E-state index in [0.29, 0.717) is 34.4 Å². The Balaban J connectivity index is 1.94. The largest absolute Gasteiger partial charge is 0.493 e. The Morgan fingerprint density at radius 2 is 1.00 bits per heavy atom. The Morgan fingerprint density at radius 3 is 1.34 bits per heavy atom. The van der Waals surface area contributed by atoms with Crippen molar-refractivity contribution in [3.63, 3.8) is 0 Å². The number of methoxy groups -OCH3 is 4. The van der Waals surface area contributed by atoms with Crippen LogP contribution in [-0.2, 0) is 9.68 Å². The molecular weight excluding hydrogens is 376 g/mol. The van der Waals surface area contributed by atoms with Crippen LogP contribution < -0.4 is 18.9 Å². The quantitative estimate of drug-likeness (QED) is 0.260. The lowest BCUT2D eigenvalue weighted by Crippen LogP contribution is -2.02. The van der Waals surface area contributed by atoms with Crippen LogP contribution in [0.25, 0.3) is 0 Å². The molecule has 0 aliphatic heterocycles. The molecule has 156 valence electrons. The van der Waals surface area contributed by atoms with Gasteiger partial charge in [-0.15, -0.1) is 0 Å². The molecule has 0 unspecified atom stereocenters. The summed E-state index contributed by atoms with van der Waals surface area (Å²) in [5.74, 6) is 2.53. The van der Waals surface area contributed by atoms with Crippen molar-refractivity contribution < 1.29 is 28.6 Å². The van der Waals surface area contributed by atoms with Gasteiger partial charge < -0.3 is 28.6 Å². The van der Waals surface area contributed by atoms with Gasteiger partial charge in [0.05, 0.1) is 39.9 Å². The second kappa shape index (κ2) is 10.8. The highest BCUT2D eigenvalue weighted by atomic mass is 16.8. The molecule has 0 aromatic heterocycles. The minimum atomic E-state index is -0.130. The highest BCUT2D eigenvalue weighted by Gasteiger charge is 2.08. The fraction of sp³-hybridized carbons (Fsp3) is 0.333. The monoisotopic (exact) mass is 402 g/mol. The summed E-state index contributed by atoms with van der Waals surface area (Å²) in [6, 6.07) is 11.0. The number of ether oxygens (including phenoxy) is 4. The molecule has 0 N–H and O–H groups in total. The first-order chi connectivity index (χ1) is 14.0. The van der Waals surface area contributed by atoms with Crippen LogP contribution in [0.2, 0.25) is 0 Å². The molecule has 0 saturated carbocycles. The fourth-order valence-corrected chi connectivity index (χ4v) is 2.50. The van der Waals surface area contributed by atoms with E-state index in [1.807, 2.05) is 38.1 Å². The molecular formula is C21H26N2O6. The van der Waals surface area contributed by atoms with E-state index >= 15 is 0 Å². The first kappa shape index (κ1) is 21.9. The minimum absolute atomic E-state index is 0.130. The van der Waals surface area contributed by atoms with E-state index in [2.05, 4.69) is 10.3 Å². The summed E-state index contributed by atoms with van der Waals surface area (Å²) in [5.41, 5.74) is 3.01. The molecule has 0 bridgehead atoms. The molecule has 0 atom stereocenters. The van der Waals surface area contributed by atoms with Crippen molar-refractivity contribution in [1.82, 2.24) is 0 Å². The van der Waals surface area contributed by atoms with Crippen LogP contribution in [0.1, 0.15) is 25.0 Å². The number of oxime groups is 2. The van der Waals surface area contributed by atoms with Crippen LogP contribution in [0.3, 0.4) is 0 Å². The molecule has 2 aromatic carbocycles. The number of hydrogen-bond donors (Lipinski definition) is 0. The molecule has 0 heterocycles. The van der Waals surface area contributed by atoms with Crippen LogP contribution in [0.5, 0.6) is 23.0 Å². The van der Waals surface area contributed by atoms with Crippen molar-refractivity contribution in [1.29, 1.82) is 0 Å². The summed E-state index contributed by atoms with van der Waals surface area (Å²) in [6.07, 6.45) is 0. The van der Waals surface area contributed by atoms with Gasteiger partial charge in [-0.2, -0.15) is 0 Å². The fourth-order valence-electron chi connectivity index (χ4n) is 2.50. The smallest absolute Gasteiger partial charge is 0.280 e. The molecule has 8 heteroatoms. The van der Waals surface area contributed by atoms with E-state index in [9.17, 15) is 0 Å². The van der Waals surface area contributed by atoms with Crippen molar-refractivity contribution in [3.05, 3.63) is 47.5 Å². The van der Waals surface area contributed by atoms with Crippen LogP contribution in [0.4, 0.5) is 0 Å². The van der Waals surface area contributed by atoms with Gasteiger partial charge in [0.1, 0.15) is 0 Å². The highest BCUT2D eigenvalue weighted by Crippen LogP contribution is 2.28. The maximum atomic E-state index is 5.29. The highest BCUT2D eigenvalue weighted by molar-refractivity contribution is 5.99. The summed E-state index contributed by atoms with van der Waals surface area (Å²) in [6.45, 7) is 3.51. The Labute approximate surface area is 170 Å². The molecule has 0 spiro atoms. The van der Waals surface area contributed by atoms with E-state index in [1.165, 1.54) is 0 Å². The van der Waals surface area contributed by atoms with E-state index in [0.717, 1.165) is 11.1 Å². The topological polar surface area (TPSA) is 80.1 Å². The van der Waals surface area contributed by atoms with Gasteiger partial charge >= 0.3 is 0 Å². The van der Waals surface area contributed by atoms with E-state index < -0.39 is 0 Å². The molecule has 0 fully saturated rings. The number of hydrogen-bond acceptors (Lipinski definition) is 8. The zero-order valence-electron chi connectivity index (χ0n) is 17.5. The molecule has 0 aliphatic rings.